The van der Waals surface area contributed by atoms with Crippen LogP contribution in [0.15, 0.2) is 29.2 Å². The van der Waals surface area contributed by atoms with E-state index in [1.165, 1.54) is 18.2 Å². The first-order chi connectivity index (χ1) is 9.04. The Kier molecular flexibility index (Phi) is 4.94. The van der Waals surface area contributed by atoms with Crippen LogP contribution in [0.4, 0.5) is 0 Å². The molecule has 0 aliphatic heterocycles. The standard InChI is InChI=1S/C14H21NO4S/c1-10(14(2,3)4)9-15-20(18,19)12-7-5-6-11(8-12)13(16)17/h5-8,10,15H,9H2,1-4H3,(H,16,17). The third-order valence-corrected chi connectivity index (χ3v) is 4.87. The third kappa shape index (κ3) is 4.31. The van der Waals surface area contributed by atoms with Crippen LogP contribution in [-0.2, 0) is 10.0 Å². The Morgan fingerprint density at radius 3 is 2.45 bits per heavy atom. The van der Waals surface area contributed by atoms with Crippen LogP contribution in [0.1, 0.15) is 38.1 Å². The van der Waals surface area contributed by atoms with Gasteiger partial charge in [0.25, 0.3) is 0 Å². The zero-order chi connectivity index (χ0) is 15.6. The Bertz CT molecular complexity index is 587. The maximum absolute atomic E-state index is 12.1. The molecule has 0 fully saturated rings. The zero-order valence-corrected chi connectivity index (χ0v) is 13.0. The van der Waals surface area contributed by atoms with Gasteiger partial charge in [0, 0.05) is 6.54 Å². The normalized spacial score (nSPS) is 14.0. The summed E-state index contributed by atoms with van der Waals surface area (Å²) in [5.41, 5.74) is -0.0532. The maximum atomic E-state index is 12.1. The average molecular weight is 299 g/mol. The van der Waals surface area contributed by atoms with Crippen molar-refractivity contribution in [3.05, 3.63) is 29.8 Å². The van der Waals surface area contributed by atoms with Gasteiger partial charge in [0.2, 0.25) is 10.0 Å². The van der Waals surface area contributed by atoms with Crippen LogP contribution in [0.3, 0.4) is 0 Å². The van der Waals surface area contributed by atoms with Crippen molar-refractivity contribution >= 4 is 16.0 Å². The predicted molar refractivity (Wildman–Crippen MR) is 77.2 cm³/mol. The van der Waals surface area contributed by atoms with E-state index in [0.29, 0.717) is 6.54 Å². The quantitative estimate of drug-likeness (QED) is 0.874. The Morgan fingerprint density at radius 2 is 1.95 bits per heavy atom. The molecule has 1 aromatic carbocycles. The fourth-order valence-corrected chi connectivity index (χ4v) is 2.60. The molecule has 0 bridgehead atoms. The van der Waals surface area contributed by atoms with E-state index in [-0.39, 0.29) is 21.8 Å². The second-order valence-corrected chi connectivity index (χ2v) is 7.72. The molecular formula is C14H21NO4S. The number of carboxylic acid groups (broad SMARTS) is 1. The minimum atomic E-state index is -3.68. The van der Waals surface area contributed by atoms with Crippen LogP contribution in [-0.4, -0.2) is 26.0 Å². The Balaban J connectivity index is 2.90. The van der Waals surface area contributed by atoms with Crippen molar-refractivity contribution in [2.24, 2.45) is 11.3 Å². The molecule has 0 amide bonds. The Morgan fingerprint density at radius 1 is 1.35 bits per heavy atom. The van der Waals surface area contributed by atoms with Crippen LogP contribution in [0.25, 0.3) is 0 Å². The van der Waals surface area contributed by atoms with Crippen LogP contribution in [0, 0.1) is 11.3 Å². The summed E-state index contributed by atoms with van der Waals surface area (Å²) in [6.45, 7) is 8.39. The molecule has 1 aromatic rings. The summed E-state index contributed by atoms with van der Waals surface area (Å²) in [6.07, 6.45) is 0. The fraction of sp³-hybridized carbons (Fsp3) is 0.500. The van der Waals surface area contributed by atoms with Crippen molar-refractivity contribution in [2.45, 2.75) is 32.6 Å². The van der Waals surface area contributed by atoms with Crippen molar-refractivity contribution in [1.82, 2.24) is 4.72 Å². The first-order valence-corrected chi connectivity index (χ1v) is 7.85. The highest BCUT2D eigenvalue weighted by Gasteiger charge is 2.23. The molecule has 20 heavy (non-hydrogen) atoms. The number of hydrogen-bond donors (Lipinski definition) is 2. The molecule has 0 saturated heterocycles. The second kappa shape index (κ2) is 5.93. The average Bonchev–Trinajstić information content (AvgIpc) is 2.35. The summed E-state index contributed by atoms with van der Waals surface area (Å²) in [4.78, 5) is 10.8. The van der Waals surface area contributed by atoms with Crippen LogP contribution < -0.4 is 4.72 Å². The lowest BCUT2D eigenvalue weighted by atomic mass is 9.82. The van der Waals surface area contributed by atoms with Gasteiger partial charge >= 0.3 is 5.97 Å². The van der Waals surface area contributed by atoms with Gasteiger partial charge in [0.05, 0.1) is 10.5 Å². The van der Waals surface area contributed by atoms with Crippen molar-refractivity contribution < 1.29 is 18.3 Å². The van der Waals surface area contributed by atoms with E-state index < -0.39 is 16.0 Å². The summed E-state index contributed by atoms with van der Waals surface area (Å²) in [7, 11) is -3.68. The molecule has 1 rings (SSSR count). The molecule has 5 nitrogen and oxygen atoms in total. The van der Waals surface area contributed by atoms with Crippen molar-refractivity contribution in [1.29, 1.82) is 0 Å². The highest BCUT2D eigenvalue weighted by Crippen LogP contribution is 2.25. The number of carboxylic acids is 1. The van der Waals surface area contributed by atoms with E-state index in [1.54, 1.807) is 0 Å². The molecule has 6 heteroatoms. The molecular weight excluding hydrogens is 278 g/mol. The largest absolute Gasteiger partial charge is 0.478 e. The van der Waals surface area contributed by atoms with Gasteiger partial charge in [0.1, 0.15) is 0 Å². The number of carbonyl (C=O) groups is 1. The summed E-state index contributed by atoms with van der Waals surface area (Å²) in [6, 6.07) is 5.33. The van der Waals surface area contributed by atoms with E-state index in [1.807, 2.05) is 27.7 Å². The molecule has 0 heterocycles. The Hall–Kier alpha value is -1.40. The van der Waals surface area contributed by atoms with E-state index in [2.05, 4.69) is 4.72 Å². The van der Waals surface area contributed by atoms with Gasteiger partial charge in [-0.15, -0.1) is 0 Å². The molecule has 0 radical (unpaired) electrons. The predicted octanol–water partition coefficient (Wildman–Crippen LogP) is 2.35. The highest BCUT2D eigenvalue weighted by atomic mass is 32.2. The molecule has 0 aliphatic rings. The number of hydrogen-bond acceptors (Lipinski definition) is 3. The topological polar surface area (TPSA) is 83.5 Å². The molecule has 0 spiro atoms. The number of aromatic carboxylic acids is 1. The lowest BCUT2D eigenvalue weighted by Crippen LogP contribution is -2.33. The van der Waals surface area contributed by atoms with Crippen LogP contribution >= 0.6 is 0 Å². The van der Waals surface area contributed by atoms with Crippen molar-refractivity contribution in [3.63, 3.8) is 0 Å². The van der Waals surface area contributed by atoms with E-state index in [4.69, 9.17) is 5.11 Å². The molecule has 112 valence electrons. The Labute approximate surface area is 120 Å². The molecule has 1 unspecified atom stereocenters. The number of sulfonamides is 1. The molecule has 2 N–H and O–H groups in total. The maximum Gasteiger partial charge on any atom is 0.335 e. The van der Waals surface area contributed by atoms with Crippen molar-refractivity contribution in [2.75, 3.05) is 6.54 Å². The van der Waals surface area contributed by atoms with Gasteiger partial charge in [-0.05, 0) is 29.5 Å². The fourth-order valence-electron chi connectivity index (χ4n) is 1.42. The van der Waals surface area contributed by atoms with Gasteiger partial charge in [0.15, 0.2) is 0 Å². The van der Waals surface area contributed by atoms with Gasteiger partial charge in [-0.2, -0.15) is 0 Å². The van der Waals surface area contributed by atoms with E-state index in [0.717, 1.165) is 6.07 Å². The minimum absolute atomic E-state index is 0.00850. The first-order valence-electron chi connectivity index (χ1n) is 6.37. The summed E-state index contributed by atoms with van der Waals surface area (Å²) < 4.78 is 26.8. The molecule has 0 saturated carbocycles. The third-order valence-electron chi connectivity index (χ3n) is 3.45. The molecule has 0 aliphatic carbocycles. The SMILES string of the molecule is CC(CNS(=O)(=O)c1cccc(C(=O)O)c1)C(C)(C)C. The van der Waals surface area contributed by atoms with Crippen LogP contribution in [0.2, 0.25) is 0 Å². The molecule has 0 aromatic heterocycles. The highest BCUT2D eigenvalue weighted by molar-refractivity contribution is 7.89. The lowest BCUT2D eigenvalue weighted by Gasteiger charge is -2.27. The zero-order valence-electron chi connectivity index (χ0n) is 12.2. The number of rotatable bonds is 5. The van der Waals surface area contributed by atoms with Gasteiger partial charge < -0.3 is 5.11 Å². The van der Waals surface area contributed by atoms with Gasteiger partial charge in [-0.25, -0.2) is 17.9 Å². The summed E-state index contributed by atoms with van der Waals surface area (Å²) in [5.74, 6) is -0.995. The smallest absolute Gasteiger partial charge is 0.335 e. The van der Waals surface area contributed by atoms with Crippen LogP contribution in [0.5, 0.6) is 0 Å². The first kappa shape index (κ1) is 16.7. The van der Waals surface area contributed by atoms with Crippen molar-refractivity contribution in [3.8, 4) is 0 Å². The monoisotopic (exact) mass is 299 g/mol. The van der Waals surface area contributed by atoms with Gasteiger partial charge in [-0.3, -0.25) is 0 Å². The number of benzene rings is 1. The number of nitrogens with one attached hydrogen (secondary N) is 1. The minimum Gasteiger partial charge on any atom is -0.478 e. The second-order valence-electron chi connectivity index (χ2n) is 5.95. The lowest BCUT2D eigenvalue weighted by molar-refractivity contribution is 0.0696. The summed E-state index contributed by atoms with van der Waals surface area (Å²) >= 11 is 0. The molecule has 1 atom stereocenters. The van der Waals surface area contributed by atoms with E-state index >= 15 is 0 Å². The van der Waals surface area contributed by atoms with E-state index in [9.17, 15) is 13.2 Å². The summed E-state index contributed by atoms with van der Waals surface area (Å²) in [5, 5.41) is 8.88. The van der Waals surface area contributed by atoms with Gasteiger partial charge in [-0.1, -0.05) is 33.8 Å².